The lowest BCUT2D eigenvalue weighted by Gasteiger charge is -2.35. The van der Waals surface area contributed by atoms with E-state index < -0.39 is 34.1 Å². The molecule has 0 bridgehead atoms. The predicted molar refractivity (Wildman–Crippen MR) is 188 cm³/mol. The van der Waals surface area contributed by atoms with Crippen molar-refractivity contribution in [2.24, 2.45) is 5.92 Å². The lowest BCUT2D eigenvalue weighted by atomic mass is 10.0. The lowest BCUT2D eigenvalue weighted by Crippen LogP contribution is -2.48. The Morgan fingerprint density at radius 2 is 1.86 bits per heavy atom. The van der Waals surface area contributed by atoms with Gasteiger partial charge in [0.05, 0.1) is 42.4 Å². The number of likely N-dealkylation sites (N-methyl/N-ethyl adjacent to an activating group) is 1. The third-order valence-corrected chi connectivity index (χ3v) is 10.6. The van der Waals surface area contributed by atoms with Crippen molar-refractivity contribution in [2.75, 3.05) is 51.1 Å². The van der Waals surface area contributed by atoms with Crippen LogP contribution in [-0.2, 0) is 14.8 Å². The van der Waals surface area contributed by atoms with Crippen LogP contribution < -0.4 is 20.1 Å². The summed E-state index contributed by atoms with van der Waals surface area (Å²) in [5.41, 5.74) is 1.52. The highest BCUT2D eigenvalue weighted by molar-refractivity contribution is 7.89. The van der Waals surface area contributed by atoms with Gasteiger partial charge < -0.3 is 39.4 Å². The molecule has 50 heavy (non-hydrogen) atoms. The number of aliphatic hydroxyl groups is 1. The van der Waals surface area contributed by atoms with Gasteiger partial charge in [0.25, 0.3) is 5.91 Å². The molecule has 4 atom stereocenters. The maximum absolute atomic E-state index is 14.4. The number of ether oxygens (including phenoxy) is 3. The van der Waals surface area contributed by atoms with Crippen LogP contribution in [0.1, 0.15) is 61.8 Å². The van der Waals surface area contributed by atoms with E-state index in [1.165, 1.54) is 35.5 Å². The molecule has 4 rings (SSSR count). The van der Waals surface area contributed by atoms with Gasteiger partial charge in [-0.3, -0.25) is 4.79 Å². The number of amides is 3. The molecule has 1 aliphatic rings. The number of urea groups is 1. The molecule has 1 aliphatic heterocycles. The Hall–Kier alpha value is -4.18. The Balaban J connectivity index is 1.62. The molecule has 14 nitrogen and oxygen atoms in total. The summed E-state index contributed by atoms with van der Waals surface area (Å²) in [6, 6.07) is 9.87. The van der Waals surface area contributed by atoms with E-state index >= 15 is 0 Å². The van der Waals surface area contributed by atoms with Crippen LogP contribution >= 0.6 is 0 Å². The average molecular weight is 716 g/mol. The number of carbonyl (C=O) groups excluding carboxylic acids is 2. The van der Waals surface area contributed by atoms with Gasteiger partial charge in [0, 0.05) is 38.3 Å². The second-order valence-electron chi connectivity index (χ2n) is 12.8. The molecule has 0 aliphatic carbocycles. The van der Waals surface area contributed by atoms with E-state index in [-0.39, 0.29) is 42.2 Å². The number of benzene rings is 2. The van der Waals surface area contributed by atoms with Crippen molar-refractivity contribution in [1.82, 2.24) is 14.4 Å². The van der Waals surface area contributed by atoms with E-state index in [0.717, 1.165) is 12.8 Å². The summed E-state index contributed by atoms with van der Waals surface area (Å²) < 4.78 is 51.2. The van der Waals surface area contributed by atoms with Crippen molar-refractivity contribution in [3.63, 3.8) is 0 Å². The molecule has 0 fully saturated rings. The quantitative estimate of drug-likeness (QED) is 0.272. The number of sulfonamides is 1. The van der Waals surface area contributed by atoms with Gasteiger partial charge in [-0.1, -0.05) is 12.1 Å². The van der Waals surface area contributed by atoms with Gasteiger partial charge in [0.1, 0.15) is 22.9 Å². The SMILES string of the molecule is COc1ccc(S(=O)(=O)N(C)C[C@H]2OCCCC[C@@H](C)Oc3ccc(NC(=O)Nc4c(C)noc4C)cc3C(=O)N([C@H](C)CO)C[C@@H]2C)cc1. The number of hydrogen-bond acceptors (Lipinski definition) is 10. The zero-order chi connectivity index (χ0) is 36.6. The summed E-state index contributed by atoms with van der Waals surface area (Å²) in [5, 5.41) is 19.6. The maximum Gasteiger partial charge on any atom is 0.323 e. The molecule has 1 aromatic heterocycles. The van der Waals surface area contributed by atoms with Crippen molar-refractivity contribution >= 4 is 33.3 Å². The number of aryl methyl sites for hydroxylation is 2. The minimum atomic E-state index is -3.86. The minimum absolute atomic E-state index is 0.0372. The Morgan fingerprint density at radius 3 is 2.50 bits per heavy atom. The molecule has 0 unspecified atom stereocenters. The van der Waals surface area contributed by atoms with E-state index in [9.17, 15) is 23.1 Å². The summed E-state index contributed by atoms with van der Waals surface area (Å²) in [7, 11) is -0.847. The standard InChI is InChI=1S/C35H49N5O9S/c1-22-19-40(23(2)21-41)34(42)30-18-27(36-35(43)37-33-25(4)38-49-26(33)5)11-16-31(30)48-24(3)10-8-9-17-47-32(22)20-39(6)50(44,45)29-14-12-28(46-7)13-15-29/h11-16,18,22-24,32,41H,8-10,17,19-21H2,1-7H3,(H2,36,37,43)/t22-,23+,24+,32+/m0/s1. The number of aromatic nitrogens is 1. The van der Waals surface area contributed by atoms with Gasteiger partial charge in [-0.15, -0.1) is 0 Å². The van der Waals surface area contributed by atoms with Crippen LogP contribution in [0.15, 0.2) is 51.9 Å². The smallest absolute Gasteiger partial charge is 0.323 e. The van der Waals surface area contributed by atoms with E-state index in [0.29, 0.717) is 47.4 Å². The van der Waals surface area contributed by atoms with Crippen LogP contribution in [0.4, 0.5) is 16.2 Å². The van der Waals surface area contributed by atoms with E-state index in [4.69, 9.17) is 18.7 Å². The van der Waals surface area contributed by atoms with Crippen molar-refractivity contribution in [2.45, 2.75) is 77.0 Å². The van der Waals surface area contributed by atoms with Gasteiger partial charge in [0.2, 0.25) is 10.0 Å². The van der Waals surface area contributed by atoms with Crippen molar-refractivity contribution in [3.05, 3.63) is 59.5 Å². The molecule has 0 saturated carbocycles. The molecule has 0 saturated heterocycles. The number of fused-ring (bicyclic) bond motifs is 1. The van der Waals surface area contributed by atoms with Crippen LogP contribution in [0.3, 0.4) is 0 Å². The largest absolute Gasteiger partial charge is 0.497 e. The highest BCUT2D eigenvalue weighted by atomic mass is 32.2. The Morgan fingerprint density at radius 1 is 1.14 bits per heavy atom. The molecule has 2 heterocycles. The molecule has 274 valence electrons. The highest BCUT2D eigenvalue weighted by Crippen LogP contribution is 2.29. The van der Waals surface area contributed by atoms with Crippen molar-refractivity contribution in [3.8, 4) is 11.5 Å². The minimum Gasteiger partial charge on any atom is -0.497 e. The molecule has 0 spiro atoms. The number of aliphatic hydroxyl groups excluding tert-OH is 1. The normalized spacial score (nSPS) is 20.0. The Labute approximate surface area is 294 Å². The number of carbonyl (C=O) groups is 2. The van der Waals surface area contributed by atoms with Gasteiger partial charge in [-0.05, 0) is 89.4 Å². The lowest BCUT2D eigenvalue weighted by molar-refractivity contribution is -0.00834. The summed E-state index contributed by atoms with van der Waals surface area (Å²) in [6.45, 7) is 9.18. The molecule has 15 heteroatoms. The van der Waals surface area contributed by atoms with Gasteiger partial charge in [-0.2, -0.15) is 4.31 Å². The molecular formula is C35H49N5O9S. The number of hydrogen-bond donors (Lipinski definition) is 3. The van der Waals surface area contributed by atoms with Crippen molar-refractivity contribution < 1.29 is 41.8 Å². The second kappa shape index (κ2) is 17.2. The number of methoxy groups -OCH3 is 1. The van der Waals surface area contributed by atoms with Crippen LogP contribution in [0.5, 0.6) is 11.5 Å². The number of anilines is 2. The van der Waals surface area contributed by atoms with Crippen LogP contribution in [0, 0.1) is 19.8 Å². The fourth-order valence-electron chi connectivity index (χ4n) is 5.68. The third-order valence-electron chi connectivity index (χ3n) is 8.79. The Bertz CT molecular complexity index is 1690. The molecule has 3 amide bonds. The van der Waals surface area contributed by atoms with Gasteiger partial charge in [0.15, 0.2) is 5.76 Å². The summed E-state index contributed by atoms with van der Waals surface area (Å²) >= 11 is 0. The monoisotopic (exact) mass is 715 g/mol. The van der Waals surface area contributed by atoms with Crippen LogP contribution in [-0.4, -0.2) is 98.5 Å². The first-order valence-corrected chi connectivity index (χ1v) is 18.1. The number of rotatable bonds is 9. The van der Waals surface area contributed by atoms with Crippen molar-refractivity contribution in [1.29, 1.82) is 0 Å². The van der Waals surface area contributed by atoms with Crippen LogP contribution in [0.2, 0.25) is 0 Å². The second-order valence-corrected chi connectivity index (χ2v) is 14.8. The topological polar surface area (TPSA) is 173 Å². The third kappa shape index (κ3) is 9.53. The number of nitrogens with one attached hydrogen (secondary N) is 2. The molecule has 0 radical (unpaired) electrons. The summed E-state index contributed by atoms with van der Waals surface area (Å²) in [4.78, 5) is 29.0. The fraction of sp³-hybridized carbons (Fsp3) is 0.514. The first-order valence-electron chi connectivity index (χ1n) is 16.7. The first kappa shape index (κ1) is 38.6. The van der Waals surface area contributed by atoms with Gasteiger partial charge in [-0.25, -0.2) is 13.2 Å². The highest BCUT2D eigenvalue weighted by Gasteiger charge is 2.32. The molecule has 3 aromatic rings. The zero-order valence-electron chi connectivity index (χ0n) is 29.8. The maximum atomic E-state index is 14.4. The zero-order valence-corrected chi connectivity index (χ0v) is 30.6. The van der Waals surface area contributed by atoms with E-state index in [2.05, 4.69) is 15.8 Å². The number of nitrogens with zero attached hydrogens (tertiary/aromatic N) is 3. The van der Waals surface area contributed by atoms with E-state index in [1.807, 2.05) is 13.8 Å². The summed E-state index contributed by atoms with van der Waals surface area (Å²) in [5.74, 6) is 0.563. The van der Waals surface area contributed by atoms with Crippen LogP contribution in [0.25, 0.3) is 0 Å². The first-order chi connectivity index (χ1) is 23.7. The molecular weight excluding hydrogens is 666 g/mol. The fourth-order valence-corrected chi connectivity index (χ4v) is 6.86. The molecule has 3 N–H and O–H groups in total. The average Bonchev–Trinajstić information content (AvgIpc) is 3.41. The Kier molecular flexibility index (Phi) is 13.3. The molecule has 2 aromatic carbocycles. The van der Waals surface area contributed by atoms with E-state index in [1.54, 1.807) is 51.1 Å². The summed E-state index contributed by atoms with van der Waals surface area (Å²) in [6.07, 6.45) is 1.36. The predicted octanol–water partition coefficient (Wildman–Crippen LogP) is 5.06. The van der Waals surface area contributed by atoms with Gasteiger partial charge >= 0.3 is 6.03 Å².